The second-order valence-electron chi connectivity index (χ2n) is 3.03. The highest BCUT2D eigenvalue weighted by atomic mass is 35.5. The molecule has 1 rings (SSSR count). The van der Waals surface area contributed by atoms with E-state index in [4.69, 9.17) is 16.3 Å². The quantitative estimate of drug-likeness (QED) is 0.760. The molecule has 1 aromatic carbocycles. The first-order chi connectivity index (χ1) is 6.24. The Kier molecular flexibility index (Phi) is 4.46. The lowest BCUT2D eigenvalue weighted by atomic mass is 10.2. The SMILES string of the molecule is CC(CS)COc1ccccc1Cl. The van der Waals surface area contributed by atoms with Crippen molar-refractivity contribution in [3.8, 4) is 5.75 Å². The van der Waals surface area contributed by atoms with Crippen LogP contribution >= 0.6 is 24.2 Å². The third-order valence-electron chi connectivity index (χ3n) is 1.67. The molecule has 0 fully saturated rings. The Hall–Kier alpha value is -0.340. The molecule has 0 bridgehead atoms. The minimum absolute atomic E-state index is 0.444. The van der Waals surface area contributed by atoms with E-state index in [1.165, 1.54) is 0 Å². The summed E-state index contributed by atoms with van der Waals surface area (Å²) >= 11 is 10.1. The molecule has 0 N–H and O–H groups in total. The van der Waals surface area contributed by atoms with Crippen molar-refractivity contribution in [2.75, 3.05) is 12.4 Å². The van der Waals surface area contributed by atoms with E-state index in [1.807, 2.05) is 24.3 Å². The van der Waals surface area contributed by atoms with Gasteiger partial charge in [0.15, 0.2) is 0 Å². The first kappa shape index (κ1) is 10.7. The predicted molar refractivity (Wildman–Crippen MR) is 60.0 cm³/mol. The molecule has 0 saturated heterocycles. The van der Waals surface area contributed by atoms with Crippen LogP contribution in [0.4, 0.5) is 0 Å². The minimum atomic E-state index is 0.444. The van der Waals surface area contributed by atoms with Crippen LogP contribution in [-0.4, -0.2) is 12.4 Å². The van der Waals surface area contributed by atoms with Gasteiger partial charge in [-0.25, -0.2) is 0 Å². The molecule has 0 spiro atoms. The fraction of sp³-hybridized carbons (Fsp3) is 0.400. The van der Waals surface area contributed by atoms with Gasteiger partial charge < -0.3 is 4.74 Å². The van der Waals surface area contributed by atoms with Gasteiger partial charge in [-0.05, 0) is 23.8 Å². The van der Waals surface area contributed by atoms with Crippen LogP contribution < -0.4 is 4.74 Å². The van der Waals surface area contributed by atoms with Gasteiger partial charge in [-0.2, -0.15) is 12.6 Å². The molecule has 0 aliphatic rings. The number of thiol groups is 1. The fourth-order valence-electron chi connectivity index (χ4n) is 0.847. The molecular weight excluding hydrogens is 204 g/mol. The largest absolute Gasteiger partial charge is 0.492 e. The molecule has 3 heteroatoms. The Bertz CT molecular complexity index is 265. The van der Waals surface area contributed by atoms with Gasteiger partial charge in [0.1, 0.15) is 5.75 Å². The first-order valence-electron chi connectivity index (χ1n) is 4.22. The van der Waals surface area contributed by atoms with Gasteiger partial charge in [-0.15, -0.1) is 0 Å². The Morgan fingerprint density at radius 1 is 1.46 bits per heavy atom. The monoisotopic (exact) mass is 216 g/mol. The summed E-state index contributed by atoms with van der Waals surface area (Å²) in [6, 6.07) is 7.49. The molecule has 0 aliphatic heterocycles. The van der Waals surface area contributed by atoms with Gasteiger partial charge in [0.25, 0.3) is 0 Å². The van der Waals surface area contributed by atoms with Gasteiger partial charge >= 0.3 is 0 Å². The average Bonchev–Trinajstić information content (AvgIpc) is 2.16. The lowest BCUT2D eigenvalue weighted by Crippen LogP contribution is -2.09. The lowest BCUT2D eigenvalue weighted by molar-refractivity contribution is 0.274. The maximum Gasteiger partial charge on any atom is 0.137 e. The van der Waals surface area contributed by atoms with Crippen LogP contribution in [0, 0.1) is 5.92 Å². The third kappa shape index (κ3) is 3.49. The van der Waals surface area contributed by atoms with Crippen molar-refractivity contribution in [2.24, 2.45) is 5.92 Å². The molecule has 1 nitrogen and oxygen atoms in total. The molecule has 1 unspecified atom stereocenters. The summed E-state index contributed by atoms with van der Waals surface area (Å²) in [4.78, 5) is 0. The van der Waals surface area contributed by atoms with Crippen molar-refractivity contribution >= 4 is 24.2 Å². The average molecular weight is 217 g/mol. The zero-order valence-electron chi connectivity index (χ0n) is 7.53. The van der Waals surface area contributed by atoms with Gasteiger partial charge in [0.05, 0.1) is 11.6 Å². The van der Waals surface area contributed by atoms with E-state index < -0.39 is 0 Å². The van der Waals surface area contributed by atoms with Gasteiger partial charge in [0, 0.05) is 0 Å². The maximum absolute atomic E-state index is 5.91. The standard InChI is InChI=1S/C10H13ClOS/c1-8(7-13)6-12-10-5-3-2-4-9(10)11/h2-5,8,13H,6-7H2,1H3. The van der Waals surface area contributed by atoms with Crippen LogP contribution in [0.2, 0.25) is 5.02 Å². The lowest BCUT2D eigenvalue weighted by Gasteiger charge is -2.11. The van der Waals surface area contributed by atoms with Crippen LogP contribution in [0.1, 0.15) is 6.92 Å². The van der Waals surface area contributed by atoms with Crippen molar-refractivity contribution in [3.63, 3.8) is 0 Å². The van der Waals surface area contributed by atoms with E-state index >= 15 is 0 Å². The van der Waals surface area contributed by atoms with E-state index in [1.54, 1.807) is 0 Å². The zero-order chi connectivity index (χ0) is 9.68. The van der Waals surface area contributed by atoms with Crippen LogP contribution in [0.25, 0.3) is 0 Å². The molecule has 72 valence electrons. The molecule has 0 radical (unpaired) electrons. The summed E-state index contributed by atoms with van der Waals surface area (Å²) < 4.78 is 5.51. The van der Waals surface area contributed by atoms with E-state index in [2.05, 4.69) is 19.6 Å². The van der Waals surface area contributed by atoms with Crippen LogP contribution in [-0.2, 0) is 0 Å². The Morgan fingerprint density at radius 2 is 2.15 bits per heavy atom. The molecule has 1 aromatic rings. The van der Waals surface area contributed by atoms with E-state index in [0.717, 1.165) is 11.5 Å². The van der Waals surface area contributed by atoms with Crippen molar-refractivity contribution in [1.29, 1.82) is 0 Å². The summed E-state index contributed by atoms with van der Waals surface area (Å²) in [6.45, 7) is 2.75. The van der Waals surface area contributed by atoms with E-state index in [9.17, 15) is 0 Å². The van der Waals surface area contributed by atoms with Crippen LogP contribution in [0.5, 0.6) is 5.75 Å². The molecular formula is C10H13ClOS. The highest BCUT2D eigenvalue weighted by molar-refractivity contribution is 7.80. The molecule has 13 heavy (non-hydrogen) atoms. The van der Waals surface area contributed by atoms with Crippen molar-refractivity contribution < 1.29 is 4.74 Å². The van der Waals surface area contributed by atoms with Crippen molar-refractivity contribution in [3.05, 3.63) is 29.3 Å². The first-order valence-corrected chi connectivity index (χ1v) is 5.23. The molecule has 0 aliphatic carbocycles. The Balaban J connectivity index is 2.50. The summed E-state index contributed by atoms with van der Waals surface area (Å²) in [7, 11) is 0. The molecule has 0 saturated carbocycles. The Morgan fingerprint density at radius 3 is 2.77 bits per heavy atom. The highest BCUT2D eigenvalue weighted by Gasteiger charge is 2.02. The number of hydrogen-bond donors (Lipinski definition) is 1. The van der Waals surface area contributed by atoms with E-state index in [-0.39, 0.29) is 0 Å². The van der Waals surface area contributed by atoms with Crippen molar-refractivity contribution in [1.82, 2.24) is 0 Å². The summed E-state index contributed by atoms with van der Waals surface area (Å²) in [5, 5.41) is 0.661. The number of benzene rings is 1. The van der Waals surface area contributed by atoms with Gasteiger partial charge in [-0.3, -0.25) is 0 Å². The molecule has 0 aromatic heterocycles. The highest BCUT2D eigenvalue weighted by Crippen LogP contribution is 2.23. The number of ether oxygens (including phenoxy) is 1. The summed E-state index contributed by atoms with van der Waals surface area (Å²) in [6.07, 6.45) is 0. The fourth-order valence-corrected chi connectivity index (χ4v) is 1.14. The molecule has 0 amide bonds. The van der Waals surface area contributed by atoms with Gasteiger partial charge in [0.2, 0.25) is 0 Å². The van der Waals surface area contributed by atoms with E-state index in [0.29, 0.717) is 17.5 Å². The summed E-state index contributed by atoms with van der Waals surface area (Å²) in [5.74, 6) is 2.02. The predicted octanol–water partition coefficient (Wildman–Crippen LogP) is 3.28. The van der Waals surface area contributed by atoms with Gasteiger partial charge in [-0.1, -0.05) is 30.7 Å². The zero-order valence-corrected chi connectivity index (χ0v) is 9.18. The van der Waals surface area contributed by atoms with Crippen LogP contribution in [0.15, 0.2) is 24.3 Å². The Labute approximate surface area is 89.5 Å². The van der Waals surface area contributed by atoms with Crippen molar-refractivity contribution in [2.45, 2.75) is 6.92 Å². The smallest absolute Gasteiger partial charge is 0.137 e. The molecule has 1 atom stereocenters. The number of hydrogen-bond acceptors (Lipinski definition) is 2. The number of rotatable bonds is 4. The normalized spacial score (nSPS) is 12.5. The molecule has 0 heterocycles. The second kappa shape index (κ2) is 5.40. The number of para-hydroxylation sites is 1. The van der Waals surface area contributed by atoms with Crippen LogP contribution in [0.3, 0.4) is 0 Å². The maximum atomic E-state index is 5.91. The minimum Gasteiger partial charge on any atom is -0.492 e. The second-order valence-corrected chi connectivity index (χ2v) is 3.80. The number of halogens is 1. The third-order valence-corrected chi connectivity index (χ3v) is 2.61. The topological polar surface area (TPSA) is 9.23 Å². The summed E-state index contributed by atoms with van der Waals surface area (Å²) in [5.41, 5.74) is 0.